The SMILES string of the molecule is COC1=NC2ON=C(c3ccccc3)N2c2onc(-c3ccccc3)c21. The Bertz CT molecular complexity index is 1010. The van der Waals surface area contributed by atoms with Gasteiger partial charge in [0.25, 0.3) is 5.88 Å². The first-order valence-electron chi connectivity index (χ1n) is 8.12. The summed E-state index contributed by atoms with van der Waals surface area (Å²) in [5.74, 6) is 1.53. The number of amidine groups is 1. The molecule has 26 heavy (non-hydrogen) atoms. The van der Waals surface area contributed by atoms with Gasteiger partial charge in [-0.3, -0.25) is 0 Å². The number of methoxy groups -OCH3 is 1. The number of oxime groups is 1. The van der Waals surface area contributed by atoms with Crippen LogP contribution in [-0.4, -0.2) is 30.4 Å². The normalized spacial score (nSPS) is 17.7. The van der Waals surface area contributed by atoms with Gasteiger partial charge < -0.3 is 14.1 Å². The zero-order valence-electron chi connectivity index (χ0n) is 13.9. The molecule has 0 radical (unpaired) electrons. The molecule has 0 amide bonds. The van der Waals surface area contributed by atoms with Crippen molar-refractivity contribution in [2.75, 3.05) is 12.0 Å². The molecule has 1 unspecified atom stereocenters. The molecule has 2 aliphatic heterocycles. The van der Waals surface area contributed by atoms with Crippen LogP contribution in [0.3, 0.4) is 0 Å². The molecule has 0 spiro atoms. The van der Waals surface area contributed by atoms with Crippen LogP contribution >= 0.6 is 0 Å². The van der Waals surface area contributed by atoms with Crippen LogP contribution < -0.4 is 4.90 Å². The molecule has 7 nitrogen and oxygen atoms in total. The van der Waals surface area contributed by atoms with Crippen molar-refractivity contribution in [1.82, 2.24) is 5.16 Å². The van der Waals surface area contributed by atoms with Gasteiger partial charge in [-0.2, -0.15) is 4.99 Å². The van der Waals surface area contributed by atoms with Gasteiger partial charge in [0.2, 0.25) is 5.90 Å². The second-order valence-electron chi connectivity index (χ2n) is 5.80. The largest absolute Gasteiger partial charge is 0.480 e. The monoisotopic (exact) mass is 346 g/mol. The minimum Gasteiger partial charge on any atom is -0.480 e. The lowest BCUT2D eigenvalue weighted by molar-refractivity contribution is 0.0878. The Kier molecular flexibility index (Phi) is 3.24. The first-order valence-corrected chi connectivity index (χ1v) is 8.12. The van der Waals surface area contributed by atoms with Crippen molar-refractivity contribution in [2.24, 2.45) is 10.1 Å². The Balaban J connectivity index is 1.66. The van der Waals surface area contributed by atoms with Crippen molar-refractivity contribution in [2.45, 2.75) is 6.35 Å². The lowest BCUT2D eigenvalue weighted by Crippen LogP contribution is -2.39. The van der Waals surface area contributed by atoms with Crippen molar-refractivity contribution in [1.29, 1.82) is 0 Å². The van der Waals surface area contributed by atoms with Crippen LogP contribution in [0.5, 0.6) is 0 Å². The molecule has 0 bridgehead atoms. The summed E-state index contributed by atoms with van der Waals surface area (Å²) in [6, 6.07) is 19.5. The fourth-order valence-electron chi connectivity index (χ4n) is 3.10. The second kappa shape index (κ2) is 5.73. The van der Waals surface area contributed by atoms with Crippen molar-refractivity contribution in [3.8, 4) is 11.3 Å². The van der Waals surface area contributed by atoms with Crippen LogP contribution in [0, 0.1) is 0 Å². The molecule has 0 aliphatic carbocycles. The molecule has 5 rings (SSSR count). The maximum absolute atomic E-state index is 5.69. The molecule has 1 aromatic heterocycles. The summed E-state index contributed by atoms with van der Waals surface area (Å²) >= 11 is 0. The summed E-state index contributed by atoms with van der Waals surface area (Å²) in [6.07, 6.45) is -0.677. The van der Waals surface area contributed by atoms with Gasteiger partial charge >= 0.3 is 6.35 Å². The molecule has 0 fully saturated rings. The zero-order chi connectivity index (χ0) is 17.5. The highest BCUT2D eigenvalue weighted by Crippen LogP contribution is 2.39. The summed E-state index contributed by atoms with van der Waals surface area (Å²) in [5.41, 5.74) is 3.16. The van der Waals surface area contributed by atoms with E-state index < -0.39 is 6.35 Å². The van der Waals surface area contributed by atoms with Crippen molar-refractivity contribution in [3.05, 3.63) is 71.8 Å². The third kappa shape index (κ3) is 2.10. The number of hydrogen-bond donors (Lipinski definition) is 0. The van der Waals surface area contributed by atoms with E-state index in [0.717, 1.165) is 11.1 Å². The molecule has 7 heteroatoms. The minimum atomic E-state index is -0.677. The number of ether oxygens (including phenoxy) is 1. The quantitative estimate of drug-likeness (QED) is 0.712. The first-order chi connectivity index (χ1) is 12.9. The van der Waals surface area contributed by atoms with E-state index in [2.05, 4.69) is 15.3 Å². The minimum absolute atomic E-state index is 0.408. The highest BCUT2D eigenvalue weighted by molar-refractivity contribution is 6.15. The number of benzene rings is 2. The van der Waals surface area contributed by atoms with Crippen LogP contribution in [-0.2, 0) is 9.57 Å². The number of aromatic nitrogens is 1. The van der Waals surface area contributed by atoms with E-state index in [1.54, 1.807) is 12.0 Å². The van der Waals surface area contributed by atoms with Gasteiger partial charge in [0.1, 0.15) is 11.3 Å². The molecule has 3 heterocycles. The number of rotatable bonds is 2. The molecule has 0 saturated carbocycles. The fraction of sp³-hybridized carbons (Fsp3) is 0.105. The van der Waals surface area contributed by atoms with E-state index in [1.165, 1.54) is 0 Å². The van der Waals surface area contributed by atoms with Gasteiger partial charge in [-0.15, -0.1) is 0 Å². The summed E-state index contributed by atoms with van der Waals surface area (Å²) < 4.78 is 11.2. The molecule has 2 aromatic carbocycles. The number of anilines is 1. The van der Waals surface area contributed by atoms with Crippen LogP contribution in [0.4, 0.5) is 5.88 Å². The van der Waals surface area contributed by atoms with E-state index >= 15 is 0 Å². The molecule has 128 valence electrons. The van der Waals surface area contributed by atoms with E-state index in [1.807, 2.05) is 60.7 Å². The third-order valence-electron chi connectivity index (χ3n) is 4.29. The Morgan fingerprint density at radius 3 is 2.35 bits per heavy atom. The third-order valence-corrected chi connectivity index (χ3v) is 4.29. The summed E-state index contributed by atoms with van der Waals surface area (Å²) in [4.78, 5) is 11.8. The van der Waals surface area contributed by atoms with Gasteiger partial charge in [0, 0.05) is 11.1 Å². The Hall–Kier alpha value is -3.61. The molecule has 1 atom stereocenters. The van der Waals surface area contributed by atoms with Gasteiger partial charge in [0.15, 0.2) is 5.84 Å². The lowest BCUT2D eigenvalue weighted by Gasteiger charge is -2.24. The first kappa shape index (κ1) is 14.7. The van der Waals surface area contributed by atoms with E-state index in [4.69, 9.17) is 14.1 Å². The number of aliphatic imine (C=N–C) groups is 1. The predicted molar refractivity (Wildman–Crippen MR) is 95.8 cm³/mol. The topological polar surface area (TPSA) is 72.5 Å². The predicted octanol–water partition coefficient (Wildman–Crippen LogP) is 3.23. The smallest absolute Gasteiger partial charge is 0.306 e. The van der Waals surface area contributed by atoms with Gasteiger partial charge in [-0.1, -0.05) is 71.0 Å². The average Bonchev–Trinajstić information content (AvgIpc) is 3.33. The van der Waals surface area contributed by atoms with Crippen LogP contribution in [0.25, 0.3) is 11.3 Å². The summed E-state index contributed by atoms with van der Waals surface area (Å²) in [6.45, 7) is 0. The molecular weight excluding hydrogens is 332 g/mol. The van der Waals surface area contributed by atoms with Gasteiger partial charge in [0.05, 0.1) is 7.11 Å². The van der Waals surface area contributed by atoms with E-state index in [0.29, 0.717) is 28.9 Å². The molecular formula is C19H14N4O3. The second-order valence-corrected chi connectivity index (χ2v) is 5.80. The fourth-order valence-corrected chi connectivity index (χ4v) is 3.10. The number of nitrogens with zero attached hydrogens (tertiary/aromatic N) is 4. The van der Waals surface area contributed by atoms with Crippen molar-refractivity contribution in [3.63, 3.8) is 0 Å². The Morgan fingerprint density at radius 1 is 0.962 bits per heavy atom. The van der Waals surface area contributed by atoms with Crippen LogP contribution in [0.1, 0.15) is 11.1 Å². The van der Waals surface area contributed by atoms with Crippen LogP contribution in [0.2, 0.25) is 0 Å². The van der Waals surface area contributed by atoms with E-state index in [-0.39, 0.29) is 0 Å². The van der Waals surface area contributed by atoms with Gasteiger partial charge in [-0.05, 0) is 0 Å². The van der Waals surface area contributed by atoms with Crippen LogP contribution in [0.15, 0.2) is 75.3 Å². The standard InChI is InChI=1S/C19H14N4O3/c1-24-17-14-15(12-8-4-2-5-9-12)21-25-18(14)23-16(22-26-19(23)20-17)13-10-6-3-7-11-13/h2-11,19H,1H3. The highest BCUT2D eigenvalue weighted by atomic mass is 16.7. The Morgan fingerprint density at radius 2 is 1.65 bits per heavy atom. The molecule has 3 aromatic rings. The van der Waals surface area contributed by atoms with Gasteiger partial charge in [-0.25, -0.2) is 4.90 Å². The number of fused-ring (bicyclic) bond motifs is 3. The number of hydrogen-bond acceptors (Lipinski definition) is 7. The lowest BCUT2D eigenvalue weighted by atomic mass is 10.1. The highest BCUT2D eigenvalue weighted by Gasteiger charge is 2.43. The maximum Gasteiger partial charge on any atom is 0.306 e. The zero-order valence-corrected chi connectivity index (χ0v) is 13.9. The molecule has 0 N–H and O–H groups in total. The molecule has 0 saturated heterocycles. The maximum atomic E-state index is 5.69. The Labute approximate surface area is 149 Å². The summed E-state index contributed by atoms with van der Waals surface area (Å²) in [7, 11) is 1.56. The van der Waals surface area contributed by atoms with Crippen molar-refractivity contribution >= 4 is 17.6 Å². The summed E-state index contributed by atoms with van der Waals surface area (Å²) in [5, 5.41) is 8.46. The van der Waals surface area contributed by atoms with E-state index in [9.17, 15) is 0 Å². The average molecular weight is 346 g/mol. The van der Waals surface area contributed by atoms with Crippen molar-refractivity contribution < 1.29 is 14.1 Å². The molecule has 2 aliphatic rings.